The number of carbonyl (C=O) groups excluding carboxylic acids is 3. The number of esters is 3. The lowest BCUT2D eigenvalue weighted by atomic mass is 10.0. The van der Waals surface area contributed by atoms with Gasteiger partial charge in [-0.05, 0) is 77.0 Å². The third-order valence-electron chi connectivity index (χ3n) is 13.8. The number of hydrogen-bond donors (Lipinski definition) is 0. The van der Waals surface area contributed by atoms with Crippen molar-refractivity contribution in [2.45, 2.75) is 335 Å². The smallest absolute Gasteiger partial charge is 0.306 e. The summed E-state index contributed by atoms with van der Waals surface area (Å²) in [4.78, 5) is 37.8. The summed E-state index contributed by atoms with van der Waals surface area (Å²) in [5, 5.41) is 0. The molecular weight excluding hydrogens is 877 g/mol. The average Bonchev–Trinajstić information content (AvgIpc) is 3.37. The van der Waals surface area contributed by atoms with Crippen LogP contribution in [0, 0.1) is 0 Å². The summed E-state index contributed by atoms with van der Waals surface area (Å²) in [6.45, 7) is 6.46. The average molecular weight is 996 g/mol. The third-order valence-corrected chi connectivity index (χ3v) is 13.8. The zero-order valence-electron chi connectivity index (χ0n) is 47.5. The van der Waals surface area contributed by atoms with E-state index in [-0.39, 0.29) is 31.1 Å². The number of hydrogen-bond acceptors (Lipinski definition) is 6. The first-order valence-corrected chi connectivity index (χ1v) is 31.1. The van der Waals surface area contributed by atoms with Crippen LogP contribution in [-0.4, -0.2) is 37.2 Å². The summed E-state index contributed by atoms with van der Waals surface area (Å²) < 4.78 is 16.7. The summed E-state index contributed by atoms with van der Waals surface area (Å²) in [6, 6.07) is 0. The Morgan fingerprint density at radius 3 is 0.873 bits per heavy atom. The van der Waals surface area contributed by atoms with E-state index in [1.807, 2.05) is 0 Å². The second-order valence-electron chi connectivity index (χ2n) is 20.9. The van der Waals surface area contributed by atoms with E-state index in [0.29, 0.717) is 19.3 Å². The molecule has 0 aliphatic carbocycles. The van der Waals surface area contributed by atoms with Crippen LogP contribution in [0.25, 0.3) is 0 Å². The molecule has 6 nitrogen and oxygen atoms in total. The first kappa shape index (κ1) is 68.4. The Hall–Kier alpha value is -2.63. The molecule has 0 saturated heterocycles. The second kappa shape index (κ2) is 59.9. The highest BCUT2D eigenvalue weighted by Gasteiger charge is 2.19. The maximum Gasteiger partial charge on any atom is 0.306 e. The molecule has 1 atom stereocenters. The van der Waals surface area contributed by atoms with E-state index in [1.165, 1.54) is 186 Å². The fourth-order valence-corrected chi connectivity index (χ4v) is 9.16. The molecule has 0 aliphatic rings. The minimum atomic E-state index is -0.776. The van der Waals surface area contributed by atoms with Crippen LogP contribution in [0.2, 0.25) is 0 Å². The third kappa shape index (κ3) is 58.1. The standard InChI is InChI=1S/C65H118O6/c1-4-7-10-13-15-17-19-21-23-24-25-26-27-28-29-30-31-32-33-34-35-36-37-38-39-40-42-43-45-47-49-52-55-58-64(67)70-61-62(60-69-63(66)57-54-51-12-9-6-3)71-65(68)59-56-53-50-48-46-44-41-22-20-18-16-14-11-8-5-2/h8,11,16,18,22,24-25,41,62H,4-7,9-10,12-15,17,19-21,23,26-40,42-61H2,1-3H3/b11-8-,18-16-,25-24-,41-22-. The minimum Gasteiger partial charge on any atom is -0.462 e. The van der Waals surface area contributed by atoms with E-state index >= 15 is 0 Å². The molecular formula is C65H118O6. The molecule has 0 amide bonds. The highest BCUT2D eigenvalue weighted by molar-refractivity contribution is 5.71. The lowest BCUT2D eigenvalue weighted by Crippen LogP contribution is -2.30. The van der Waals surface area contributed by atoms with E-state index in [1.54, 1.807) is 0 Å². The molecule has 0 N–H and O–H groups in total. The number of rotatable bonds is 57. The van der Waals surface area contributed by atoms with Crippen LogP contribution in [0.3, 0.4) is 0 Å². The van der Waals surface area contributed by atoms with Crippen molar-refractivity contribution in [1.29, 1.82) is 0 Å². The van der Waals surface area contributed by atoms with E-state index in [2.05, 4.69) is 69.4 Å². The lowest BCUT2D eigenvalue weighted by Gasteiger charge is -2.18. The van der Waals surface area contributed by atoms with Gasteiger partial charge in [0, 0.05) is 19.3 Å². The fraction of sp³-hybridized carbons (Fsp3) is 0.831. The number of ether oxygens (including phenoxy) is 3. The topological polar surface area (TPSA) is 78.9 Å². The highest BCUT2D eigenvalue weighted by Crippen LogP contribution is 2.17. The monoisotopic (exact) mass is 995 g/mol. The number of unbranched alkanes of at least 4 members (excludes halogenated alkanes) is 38. The van der Waals surface area contributed by atoms with Gasteiger partial charge in [-0.1, -0.05) is 281 Å². The predicted octanol–water partition coefficient (Wildman–Crippen LogP) is 21.0. The van der Waals surface area contributed by atoms with Crippen LogP contribution in [0.15, 0.2) is 48.6 Å². The van der Waals surface area contributed by atoms with E-state index in [9.17, 15) is 14.4 Å². The van der Waals surface area contributed by atoms with Gasteiger partial charge in [0.2, 0.25) is 0 Å². The zero-order chi connectivity index (χ0) is 51.4. The molecule has 0 rings (SSSR count). The first-order valence-electron chi connectivity index (χ1n) is 31.1. The van der Waals surface area contributed by atoms with E-state index in [4.69, 9.17) is 14.2 Å². The van der Waals surface area contributed by atoms with Crippen LogP contribution in [0.4, 0.5) is 0 Å². The Balaban J connectivity index is 3.89. The van der Waals surface area contributed by atoms with E-state index in [0.717, 1.165) is 103 Å². The number of carbonyl (C=O) groups is 3. The minimum absolute atomic E-state index is 0.0775. The molecule has 0 radical (unpaired) electrons. The van der Waals surface area contributed by atoms with Crippen molar-refractivity contribution >= 4 is 17.9 Å². The SMILES string of the molecule is CC/C=C\C/C=C\C/C=C\CCCCCCCC(=O)OC(COC(=O)CCCCCCC)COC(=O)CCCCCCCCCCCCCCCCCCCCCCC/C=C\CCCCCCCCCC. The molecule has 0 aromatic heterocycles. The van der Waals surface area contributed by atoms with Crippen molar-refractivity contribution in [2.24, 2.45) is 0 Å². The Bertz CT molecular complexity index is 1230. The molecule has 0 aromatic rings. The largest absolute Gasteiger partial charge is 0.462 e. The fourth-order valence-electron chi connectivity index (χ4n) is 9.16. The van der Waals surface area contributed by atoms with Crippen molar-refractivity contribution in [3.8, 4) is 0 Å². The van der Waals surface area contributed by atoms with Gasteiger partial charge in [0.25, 0.3) is 0 Å². The zero-order valence-corrected chi connectivity index (χ0v) is 47.5. The van der Waals surface area contributed by atoms with Gasteiger partial charge in [-0.25, -0.2) is 0 Å². The molecule has 71 heavy (non-hydrogen) atoms. The van der Waals surface area contributed by atoms with Crippen LogP contribution in [-0.2, 0) is 28.6 Å². The van der Waals surface area contributed by atoms with Gasteiger partial charge in [0.05, 0.1) is 0 Å². The van der Waals surface area contributed by atoms with Crippen molar-refractivity contribution < 1.29 is 28.6 Å². The van der Waals surface area contributed by atoms with Crippen LogP contribution in [0.5, 0.6) is 0 Å². The molecule has 0 heterocycles. The van der Waals surface area contributed by atoms with Crippen molar-refractivity contribution in [2.75, 3.05) is 13.2 Å². The van der Waals surface area contributed by atoms with Crippen LogP contribution in [0.1, 0.15) is 329 Å². The highest BCUT2D eigenvalue weighted by atomic mass is 16.6. The summed E-state index contributed by atoms with van der Waals surface area (Å²) in [6.07, 6.45) is 74.8. The van der Waals surface area contributed by atoms with E-state index < -0.39 is 6.10 Å². The predicted molar refractivity (Wildman–Crippen MR) is 307 cm³/mol. The maximum absolute atomic E-state index is 12.8. The molecule has 1 unspecified atom stereocenters. The van der Waals surface area contributed by atoms with Gasteiger partial charge in [-0.3, -0.25) is 14.4 Å². The molecule has 0 bridgehead atoms. The van der Waals surface area contributed by atoms with Gasteiger partial charge in [-0.2, -0.15) is 0 Å². The summed E-state index contributed by atoms with van der Waals surface area (Å²) in [7, 11) is 0. The number of allylic oxidation sites excluding steroid dienone is 8. The molecule has 0 saturated carbocycles. The molecule has 0 spiro atoms. The quantitative estimate of drug-likeness (QED) is 0.0261. The first-order chi connectivity index (χ1) is 35.0. The summed E-state index contributed by atoms with van der Waals surface area (Å²) in [5.74, 6) is -0.896. The van der Waals surface area contributed by atoms with Gasteiger partial charge in [0.15, 0.2) is 6.10 Å². The van der Waals surface area contributed by atoms with Gasteiger partial charge in [0.1, 0.15) is 13.2 Å². The van der Waals surface area contributed by atoms with Crippen LogP contribution < -0.4 is 0 Å². The second-order valence-corrected chi connectivity index (χ2v) is 20.9. The Kier molecular flexibility index (Phi) is 57.7. The van der Waals surface area contributed by atoms with Crippen LogP contribution >= 0.6 is 0 Å². The molecule has 0 fully saturated rings. The Morgan fingerprint density at radius 1 is 0.296 bits per heavy atom. The van der Waals surface area contributed by atoms with Gasteiger partial charge in [-0.15, -0.1) is 0 Å². The summed E-state index contributed by atoms with van der Waals surface area (Å²) in [5.41, 5.74) is 0. The molecule has 6 heteroatoms. The van der Waals surface area contributed by atoms with Crippen molar-refractivity contribution in [1.82, 2.24) is 0 Å². The molecule has 0 aliphatic heterocycles. The molecule has 414 valence electrons. The molecule has 0 aromatic carbocycles. The Labute approximate surface area is 441 Å². The lowest BCUT2D eigenvalue weighted by molar-refractivity contribution is -0.167. The Morgan fingerprint density at radius 2 is 0.549 bits per heavy atom. The van der Waals surface area contributed by atoms with Gasteiger partial charge < -0.3 is 14.2 Å². The van der Waals surface area contributed by atoms with Crippen molar-refractivity contribution in [3.63, 3.8) is 0 Å². The maximum atomic E-state index is 12.8. The summed E-state index contributed by atoms with van der Waals surface area (Å²) >= 11 is 0. The van der Waals surface area contributed by atoms with Gasteiger partial charge >= 0.3 is 17.9 Å². The van der Waals surface area contributed by atoms with Crippen molar-refractivity contribution in [3.05, 3.63) is 48.6 Å². The normalized spacial score (nSPS) is 12.3.